The van der Waals surface area contributed by atoms with Crippen molar-refractivity contribution in [1.29, 1.82) is 0 Å². The van der Waals surface area contributed by atoms with Crippen LogP contribution in [0.4, 0.5) is 0 Å². The Morgan fingerprint density at radius 3 is 2.20 bits per heavy atom. The summed E-state index contributed by atoms with van der Waals surface area (Å²) in [7, 11) is 0. The number of hydrogen-bond donors (Lipinski definition) is 5. The van der Waals surface area contributed by atoms with Gasteiger partial charge < -0.3 is 27.4 Å². The minimum absolute atomic E-state index is 0.0107. The van der Waals surface area contributed by atoms with Gasteiger partial charge >= 0.3 is 11.9 Å². The van der Waals surface area contributed by atoms with Crippen molar-refractivity contribution in [3.8, 4) is 0 Å². The molecule has 1 rings (SSSR count). The lowest BCUT2D eigenvalue weighted by Crippen LogP contribution is -2.35. The van der Waals surface area contributed by atoms with Crippen LogP contribution in [0.5, 0.6) is 0 Å². The molecule has 0 saturated carbocycles. The number of hydrogen-bond acceptors (Lipinski definition) is 7. The molecule has 0 heterocycles. The van der Waals surface area contributed by atoms with Crippen molar-refractivity contribution >= 4 is 23.5 Å². The summed E-state index contributed by atoms with van der Waals surface area (Å²) >= 11 is 0. The van der Waals surface area contributed by atoms with Crippen LogP contribution in [0.2, 0.25) is 0 Å². The van der Waals surface area contributed by atoms with Gasteiger partial charge in [0.25, 0.3) is 0 Å². The smallest absolute Gasteiger partial charge is 0.320 e. The summed E-state index contributed by atoms with van der Waals surface area (Å²) in [6.07, 6.45) is -0.554. The van der Waals surface area contributed by atoms with Gasteiger partial charge in [-0.25, -0.2) is 0 Å². The molecule has 0 aliphatic heterocycles. The first kappa shape index (κ1) is 20.4. The van der Waals surface area contributed by atoms with Gasteiger partial charge in [0.05, 0.1) is 12.6 Å². The van der Waals surface area contributed by atoms with Crippen LogP contribution in [0.15, 0.2) is 18.2 Å². The van der Waals surface area contributed by atoms with Crippen molar-refractivity contribution < 1.29 is 29.4 Å². The van der Waals surface area contributed by atoms with E-state index in [0.29, 0.717) is 0 Å². The first-order valence-corrected chi connectivity index (χ1v) is 7.54. The first-order valence-electron chi connectivity index (χ1n) is 7.54. The number of carbonyl (C=O) groups is 4. The third-order valence-electron chi connectivity index (χ3n) is 3.64. The summed E-state index contributed by atoms with van der Waals surface area (Å²) in [6.45, 7) is -0.385. The maximum Gasteiger partial charge on any atom is 0.320 e. The van der Waals surface area contributed by atoms with Gasteiger partial charge in [-0.05, 0) is 18.4 Å². The molecular weight excluding hydrogens is 330 g/mol. The van der Waals surface area contributed by atoms with Gasteiger partial charge in [0.1, 0.15) is 6.04 Å². The van der Waals surface area contributed by atoms with Crippen molar-refractivity contribution in [2.24, 2.45) is 17.2 Å². The predicted molar refractivity (Wildman–Crippen MR) is 88.3 cm³/mol. The van der Waals surface area contributed by atoms with Gasteiger partial charge in [0, 0.05) is 17.5 Å². The molecule has 25 heavy (non-hydrogen) atoms. The molecule has 1 aromatic rings. The third-order valence-corrected chi connectivity index (χ3v) is 3.64. The molecule has 136 valence electrons. The number of carboxylic acids is 2. The van der Waals surface area contributed by atoms with Crippen molar-refractivity contribution in [3.63, 3.8) is 0 Å². The molecule has 0 amide bonds. The Morgan fingerprint density at radius 2 is 1.68 bits per heavy atom. The van der Waals surface area contributed by atoms with E-state index in [1.54, 1.807) is 0 Å². The number of Topliss-reactive ketones (excluding diaryl/α,β-unsaturated/α-hetero) is 2. The van der Waals surface area contributed by atoms with Crippen molar-refractivity contribution in [2.75, 3.05) is 6.54 Å². The lowest BCUT2D eigenvalue weighted by atomic mass is 9.89. The Balaban J connectivity index is 3.25. The summed E-state index contributed by atoms with van der Waals surface area (Å²) in [5, 5.41) is 17.6. The van der Waals surface area contributed by atoms with Crippen LogP contribution in [-0.4, -0.2) is 52.3 Å². The van der Waals surface area contributed by atoms with Gasteiger partial charge in [-0.3, -0.25) is 19.2 Å². The Morgan fingerprint density at radius 1 is 1.04 bits per heavy atom. The van der Waals surface area contributed by atoms with Crippen LogP contribution in [0.3, 0.4) is 0 Å². The zero-order valence-corrected chi connectivity index (χ0v) is 13.5. The van der Waals surface area contributed by atoms with Crippen LogP contribution in [0.1, 0.15) is 39.1 Å². The largest absolute Gasteiger partial charge is 0.481 e. The van der Waals surface area contributed by atoms with E-state index >= 15 is 0 Å². The van der Waals surface area contributed by atoms with Crippen molar-refractivity contribution in [1.82, 2.24) is 0 Å². The Kier molecular flexibility index (Phi) is 7.37. The second kappa shape index (κ2) is 9.02. The maximum atomic E-state index is 12.5. The molecule has 0 fully saturated rings. The van der Waals surface area contributed by atoms with E-state index in [1.807, 2.05) is 0 Å². The van der Waals surface area contributed by atoms with Crippen LogP contribution in [0.25, 0.3) is 0 Å². The Labute approximate surface area is 143 Å². The fourth-order valence-corrected chi connectivity index (χ4v) is 2.34. The lowest BCUT2D eigenvalue weighted by molar-refractivity contribution is -0.139. The highest BCUT2D eigenvalue weighted by Crippen LogP contribution is 2.20. The summed E-state index contributed by atoms with van der Waals surface area (Å²) in [4.78, 5) is 46.3. The summed E-state index contributed by atoms with van der Waals surface area (Å²) in [6, 6.07) is 1.99. The maximum absolute atomic E-state index is 12.5. The van der Waals surface area contributed by atoms with Crippen LogP contribution in [0, 0.1) is 0 Å². The molecule has 2 unspecified atom stereocenters. The SMILES string of the molecule is NCC(=O)c1c(CC(N)C(=O)O)cccc1C(=O)C(N)CCC(=O)O. The lowest BCUT2D eigenvalue weighted by Gasteiger charge is -2.17. The molecule has 1 aromatic carbocycles. The van der Waals surface area contributed by atoms with E-state index in [0.717, 1.165) is 0 Å². The second-order valence-corrected chi connectivity index (χ2v) is 5.52. The molecule has 0 aliphatic carbocycles. The average Bonchev–Trinajstić information content (AvgIpc) is 2.57. The minimum atomic E-state index is -1.25. The van der Waals surface area contributed by atoms with Crippen LogP contribution in [-0.2, 0) is 16.0 Å². The van der Waals surface area contributed by atoms with Gasteiger partial charge in [-0.2, -0.15) is 0 Å². The molecule has 0 aliphatic rings. The highest BCUT2D eigenvalue weighted by Gasteiger charge is 2.25. The van der Waals surface area contributed by atoms with Crippen molar-refractivity contribution in [2.45, 2.75) is 31.3 Å². The quantitative estimate of drug-likeness (QED) is 0.335. The van der Waals surface area contributed by atoms with E-state index in [-0.39, 0.29) is 42.5 Å². The third kappa shape index (κ3) is 5.45. The van der Waals surface area contributed by atoms with Crippen molar-refractivity contribution in [3.05, 3.63) is 34.9 Å². The van der Waals surface area contributed by atoms with E-state index in [9.17, 15) is 19.2 Å². The highest BCUT2D eigenvalue weighted by molar-refractivity contribution is 6.12. The number of aliphatic carboxylic acids is 2. The second-order valence-electron chi connectivity index (χ2n) is 5.52. The monoisotopic (exact) mass is 351 g/mol. The number of carboxylic acid groups (broad SMARTS) is 2. The van der Waals surface area contributed by atoms with E-state index in [1.165, 1.54) is 18.2 Å². The zero-order chi connectivity index (χ0) is 19.1. The van der Waals surface area contributed by atoms with Gasteiger partial charge in [-0.1, -0.05) is 18.2 Å². The highest BCUT2D eigenvalue weighted by atomic mass is 16.4. The normalized spacial score (nSPS) is 13.1. The average molecular weight is 351 g/mol. The summed E-state index contributed by atoms with van der Waals surface area (Å²) in [5.41, 5.74) is 16.9. The number of nitrogens with two attached hydrogens (primary N) is 3. The number of carbonyl (C=O) groups excluding carboxylic acids is 2. The summed E-state index contributed by atoms with van der Waals surface area (Å²) < 4.78 is 0. The Hall–Kier alpha value is -2.62. The van der Waals surface area contributed by atoms with E-state index < -0.39 is 35.6 Å². The number of rotatable bonds is 10. The van der Waals surface area contributed by atoms with Gasteiger partial charge in [-0.15, -0.1) is 0 Å². The van der Waals surface area contributed by atoms with E-state index in [2.05, 4.69) is 0 Å². The van der Waals surface area contributed by atoms with E-state index in [4.69, 9.17) is 27.4 Å². The van der Waals surface area contributed by atoms with Gasteiger partial charge in [0.2, 0.25) is 0 Å². The van der Waals surface area contributed by atoms with Gasteiger partial charge in [0.15, 0.2) is 11.6 Å². The first-order chi connectivity index (χ1) is 11.7. The molecule has 0 radical (unpaired) electrons. The molecule has 0 spiro atoms. The minimum Gasteiger partial charge on any atom is -0.481 e. The van der Waals surface area contributed by atoms with Crippen LogP contribution >= 0.6 is 0 Å². The molecule has 9 heteroatoms. The molecular formula is C16H21N3O6. The molecule has 8 N–H and O–H groups in total. The fourth-order valence-electron chi connectivity index (χ4n) is 2.34. The fraction of sp³-hybridized carbons (Fsp3) is 0.375. The summed E-state index contributed by atoms with van der Waals surface area (Å²) in [5.74, 6) is -3.51. The Bertz CT molecular complexity index is 688. The standard InChI is InChI=1S/C16H21N3O6/c17-7-12(20)14-8(6-11(19)16(24)25)2-1-3-9(14)15(23)10(18)4-5-13(21)22/h1-3,10-11H,4-7,17-19H2,(H,21,22)(H,24,25). The predicted octanol–water partition coefficient (Wildman–Crippen LogP) is -0.843. The number of ketones is 2. The van der Waals surface area contributed by atoms with Crippen LogP contribution < -0.4 is 17.2 Å². The molecule has 0 aromatic heterocycles. The molecule has 2 atom stereocenters. The molecule has 0 saturated heterocycles. The topological polar surface area (TPSA) is 187 Å². The number of benzene rings is 1. The molecule has 0 bridgehead atoms. The zero-order valence-electron chi connectivity index (χ0n) is 13.5. The molecule has 9 nitrogen and oxygen atoms in total.